The second-order valence-electron chi connectivity index (χ2n) is 2.98. The number of methoxy groups -OCH3 is 1. The van der Waals surface area contributed by atoms with Crippen LogP contribution in [0.25, 0.3) is 0 Å². The third kappa shape index (κ3) is 1.68. The fourth-order valence-electron chi connectivity index (χ4n) is 1.34. The summed E-state index contributed by atoms with van der Waals surface area (Å²) in [6.07, 6.45) is 0.531. The lowest BCUT2D eigenvalue weighted by atomic mass is 10.1. The Kier molecular flexibility index (Phi) is 2.36. The van der Waals surface area contributed by atoms with Gasteiger partial charge in [-0.05, 0) is 6.07 Å². The summed E-state index contributed by atoms with van der Waals surface area (Å²) >= 11 is 6.10. The molecule has 1 aliphatic rings. The van der Waals surface area contributed by atoms with Gasteiger partial charge in [-0.2, -0.15) is 0 Å². The Labute approximate surface area is 91.5 Å². The van der Waals surface area contributed by atoms with Crippen molar-refractivity contribution in [1.82, 2.24) is 0 Å². The number of carbonyl (C=O) groups excluding carboxylic acids is 1. The highest BCUT2D eigenvalue weighted by molar-refractivity contribution is 6.33. The van der Waals surface area contributed by atoms with Gasteiger partial charge in [0.05, 0.1) is 19.0 Å². The van der Waals surface area contributed by atoms with Crippen LogP contribution >= 0.6 is 11.6 Å². The molecule has 0 saturated heterocycles. The largest absolute Gasteiger partial charge is 0.510 e. The van der Waals surface area contributed by atoms with E-state index in [9.17, 15) is 4.79 Å². The number of nitrogens with zero attached hydrogens (tertiary/aromatic N) is 1. The molecule has 0 N–H and O–H groups in total. The van der Waals surface area contributed by atoms with Crippen LogP contribution < -0.4 is 0 Å². The topological polar surface area (TPSA) is 47.9 Å². The molecule has 0 bridgehead atoms. The molecule has 5 heteroatoms. The number of carbonyl (C=O) groups is 1. The Morgan fingerprint density at radius 1 is 1.47 bits per heavy atom. The van der Waals surface area contributed by atoms with Gasteiger partial charge in [-0.1, -0.05) is 29.8 Å². The lowest BCUT2D eigenvalue weighted by molar-refractivity contribution is 0.0456. The van der Waals surface area contributed by atoms with Gasteiger partial charge in [0.1, 0.15) is 0 Å². The quantitative estimate of drug-likeness (QED) is 0.545. The van der Waals surface area contributed by atoms with Crippen LogP contribution in [0.15, 0.2) is 29.3 Å². The van der Waals surface area contributed by atoms with E-state index in [2.05, 4.69) is 9.73 Å². The minimum atomic E-state index is -1.34. The smallest absolute Gasteiger partial charge is 0.438 e. The molecule has 0 amide bonds. The van der Waals surface area contributed by atoms with Crippen LogP contribution in [0.2, 0.25) is 0 Å². The molecular weight excluding hydrogens is 218 g/mol. The van der Waals surface area contributed by atoms with Crippen LogP contribution in [0.5, 0.6) is 0 Å². The first-order valence-corrected chi connectivity index (χ1v) is 4.64. The van der Waals surface area contributed by atoms with Gasteiger partial charge >= 0.3 is 6.16 Å². The van der Waals surface area contributed by atoms with E-state index in [4.69, 9.17) is 16.3 Å². The summed E-state index contributed by atoms with van der Waals surface area (Å²) in [6, 6.07) is 7.16. The van der Waals surface area contributed by atoms with Gasteiger partial charge in [0.25, 0.3) is 5.06 Å². The second kappa shape index (κ2) is 3.55. The van der Waals surface area contributed by atoms with E-state index >= 15 is 0 Å². The first-order chi connectivity index (χ1) is 7.15. The first-order valence-electron chi connectivity index (χ1n) is 4.26. The van der Waals surface area contributed by atoms with Crippen molar-refractivity contribution in [2.24, 2.45) is 4.99 Å². The van der Waals surface area contributed by atoms with E-state index in [1.54, 1.807) is 18.2 Å². The van der Waals surface area contributed by atoms with Crippen molar-refractivity contribution in [2.45, 2.75) is 5.06 Å². The average molecular weight is 226 g/mol. The van der Waals surface area contributed by atoms with E-state index in [1.807, 2.05) is 6.07 Å². The van der Waals surface area contributed by atoms with Crippen LogP contribution in [-0.4, -0.2) is 19.5 Å². The molecule has 0 spiro atoms. The van der Waals surface area contributed by atoms with Crippen LogP contribution in [0.4, 0.5) is 10.5 Å². The SMILES string of the molecule is COC(=O)OC1(Cl)C=Nc2ccccc21. The Hall–Kier alpha value is -1.55. The molecule has 0 radical (unpaired) electrons. The number of para-hydroxylation sites is 1. The van der Waals surface area contributed by atoms with Crippen molar-refractivity contribution in [3.8, 4) is 0 Å². The van der Waals surface area contributed by atoms with Gasteiger partial charge in [0.2, 0.25) is 0 Å². The van der Waals surface area contributed by atoms with Gasteiger partial charge in [0.15, 0.2) is 0 Å². The van der Waals surface area contributed by atoms with Crippen LogP contribution in [-0.2, 0) is 14.5 Å². The third-order valence-corrected chi connectivity index (χ3v) is 2.42. The molecule has 15 heavy (non-hydrogen) atoms. The molecule has 0 fully saturated rings. The number of aliphatic imine (C=N–C) groups is 1. The van der Waals surface area contributed by atoms with Crippen LogP contribution in [0, 0.1) is 0 Å². The molecule has 0 aliphatic carbocycles. The Morgan fingerprint density at radius 3 is 2.93 bits per heavy atom. The number of ether oxygens (including phenoxy) is 2. The summed E-state index contributed by atoms with van der Waals surface area (Å²) < 4.78 is 9.31. The highest BCUT2D eigenvalue weighted by Gasteiger charge is 2.38. The van der Waals surface area contributed by atoms with Crippen molar-refractivity contribution in [3.05, 3.63) is 29.8 Å². The lowest BCUT2D eigenvalue weighted by Crippen LogP contribution is -2.25. The lowest BCUT2D eigenvalue weighted by Gasteiger charge is -2.18. The molecule has 4 nitrogen and oxygen atoms in total. The Morgan fingerprint density at radius 2 is 2.20 bits per heavy atom. The zero-order valence-electron chi connectivity index (χ0n) is 7.94. The number of hydrogen-bond acceptors (Lipinski definition) is 4. The van der Waals surface area contributed by atoms with Crippen molar-refractivity contribution < 1.29 is 14.3 Å². The van der Waals surface area contributed by atoms with E-state index in [0.717, 1.165) is 0 Å². The molecule has 1 unspecified atom stereocenters. The fourth-order valence-corrected chi connectivity index (χ4v) is 1.61. The summed E-state index contributed by atoms with van der Waals surface area (Å²) in [5.74, 6) is 0. The average Bonchev–Trinajstić information content (AvgIpc) is 2.57. The van der Waals surface area contributed by atoms with Gasteiger partial charge in [-0.3, -0.25) is 4.99 Å². The predicted octanol–water partition coefficient (Wildman–Crippen LogP) is 2.58. The van der Waals surface area contributed by atoms with Gasteiger partial charge < -0.3 is 9.47 Å². The standard InChI is InChI=1S/C10H8ClNO3/c1-14-9(13)15-10(11)6-12-8-5-3-2-4-7(8)10/h2-6H,1H3. The Balaban J connectivity index is 2.33. The van der Waals surface area contributed by atoms with E-state index < -0.39 is 11.2 Å². The molecule has 1 atom stereocenters. The summed E-state index contributed by atoms with van der Waals surface area (Å²) in [5, 5.41) is -1.34. The zero-order valence-corrected chi connectivity index (χ0v) is 8.69. The van der Waals surface area contributed by atoms with Gasteiger partial charge in [-0.25, -0.2) is 4.79 Å². The summed E-state index contributed by atoms with van der Waals surface area (Å²) in [6.45, 7) is 0. The molecule has 0 aromatic heterocycles. The van der Waals surface area contributed by atoms with Crippen molar-refractivity contribution in [3.63, 3.8) is 0 Å². The highest BCUT2D eigenvalue weighted by Crippen LogP contribution is 2.40. The number of alkyl halides is 1. The summed E-state index contributed by atoms with van der Waals surface area (Å²) in [7, 11) is 1.22. The zero-order chi connectivity index (χ0) is 10.9. The maximum Gasteiger partial charge on any atom is 0.510 e. The molecule has 1 heterocycles. The first kappa shape index (κ1) is 9.98. The van der Waals surface area contributed by atoms with E-state index in [0.29, 0.717) is 11.3 Å². The number of hydrogen-bond donors (Lipinski definition) is 0. The third-order valence-electron chi connectivity index (χ3n) is 2.04. The summed E-state index contributed by atoms with van der Waals surface area (Å²) in [5.41, 5.74) is 1.33. The summed E-state index contributed by atoms with van der Waals surface area (Å²) in [4.78, 5) is 15.0. The van der Waals surface area contributed by atoms with Crippen LogP contribution in [0.3, 0.4) is 0 Å². The van der Waals surface area contributed by atoms with Crippen molar-refractivity contribution >= 4 is 29.7 Å². The van der Waals surface area contributed by atoms with E-state index in [-0.39, 0.29) is 0 Å². The predicted molar refractivity (Wildman–Crippen MR) is 55.6 cm³/mol. The van der Waals surface area contributed by atoms with Crippen molar-refractivity contribution in [1.29, 1.82) is 0 Å². The van der Waals surface area contributed by atoms with Crippen molar-refractivity contribution in [2.75, 3.05) is 7.11 Å². The number of halogens is 1. The van der Waals surface area contributed by atoms with Gasteiger partial charge in [0, 0.05) is 5.56 Å². The molecule has 2 rings (SSSR count). The fraction of sp³-hybridized carbons (Fsp3) is 0.200. The molecular formula is C10H8ClNO3. The molecule has 1 aromatic carbocycles. The maximum absolute atomic E-state index is 11.0. The Bertz CT molecular complexity index is 432. The monoisotopic (exact) mass is 225 g/mol. The van der Waals surface area contributed by atoms with Gasteiger partial charge in [-0.15, -0.1) is 0 Å². The molecule has 1 aliphatic heterocycles. The molecule has 0 saturated carbocycles. The minimum Gasteiger partial charge on any atom is -0.438 e. The highest BCUT2D eigenvalue weighted by atomic mass is 35.5. The number of rotatable bonds is 1. The van der Waals surface area contributed by atoms with E-state index in [1.165, 1.54) is 13.3 Å². The number of fused-ring (bicyclic) bond motifs is 1. The normalized spacial score (nSPS) is 22.3. The second-order valence-corrected chi connectivity index (χ2v) is 3.54. The van der Waals surface area contributed by atoms with Crippen LogP contribution in [0.1, 0.15) is 5.56 Å². The molecule has 78 valence electrons. The minimum absolute atomic E-state index is 0.636. The number of benzene rings is 1. The maximum atomic E-state index is 11.0. The molecule has 1 aromatic rings.